The molecule has 1 aliphatic carbocycles. The van der Waals surface area contributed by atoms with Crippen molar-refractivity contribution in [2.45, 2.75) is 63.6 Å². The molecule has 1 saturated carbocycles. The number of amides is 2. The van der Waals surface area contributed by atoms with Gasteiger partial charge in [-0.3, -0.25) is 9.59 Å². The van der Waals surface area contributed by atoms with Crippen molar-refractivity contribution < 1.29 is 14.0 Å². The molecule has 0 bridgehead atoms. The van der Waals surface area contributed by atoms with Crippen LogP contribution in [0.3, 0.4) is 0 Å². The van der Waals surface area contributed by atoms with E-state index in [4.69, 9.17) is 0 Å². The van der Waals surface area contributed by atoms with Crippen LogP contribution in [-0.4, -0.2) is 22.8 Å². The second kappa shape index (κ2) is 8.76. The molecule has 0 spiro atoms. The molecule has 2 aromatic carbocycles. The van der Waals surface area contributed by atoms with Crippen LogP contribution in [-0.2, 0) is 11.3 Å². The van der Waals surface area contributed by atoms with Gasteiger partial charge in [0, 0.05) is 18.2 Å². The summed E-state index contributed by atoms with van der Waals surface area (Å²) in [4.78, 5) is 28.0. The second-order valence-corrected chi connectivity index (χ2v) is 8.10. The number of fused-ring (bicyclic) bond motifs is 1. The summed E-state index contributed by atoms with van der Waals surface area (Å²) in [6.45, 7) is 0.274. The first-order chi connectivity index (χ1) is 14.1. The Bertz CT molecular complexity index is 873. The van der Waals surface area contributed by atoms with Crippen LogP contribution in [0.4, 0.5) is 4.39 Å². The normalized spacial score (nSPS) is 20.1. The highest BCUT2D eigenvalue weighted by molar-refractivity contribution is 6.04. The van der Waals surface area contributed by atoms with Crippen molar-refractivity contribution in [2.75, 3.05) is 0 Å². The van der Waals surface area contributed by atoms with Crippen molar-refractivity contribution in [3.63, 3.8) is 0 Å². The fourth-order valence-electron chi connectivity index (χ4n) is 4.48. The molecule has 0 radical (unpaired) electrons. The Morgan fingerprint density at radius 2 is 1.62 bits per heavy atom. The first kappa shape index (κ1) is 19.6. The van der Waals surface area contributed by atoms with Crippen molar-refractivity contribution in [3.05, 3.63) is 71.0 Å². The van der Waals surface area contributed by atoms with Gasteiger partial charge in [-0.25, -0.2) is 4.39 Å². The number of carbonyl (C=O) groups is 2. The van der Waals surface area contributed by atoms with Crippen LogP contribution in [0.5, 0.6) is 0 Å². The van der Waals surface area contributed by atoms with Crippen LogP contribution < -0.4 is 5.32 Å². The lowest BCUT2D eigenvalue weighted by Crippen LogP contribution is -2.43. The Labute approximate surface area is 171 Å². The molecule has 1 unspecified atom stereocenters. The summed E-state index contributed by atoms with van der Waals surface area (Å²) >= 11 is 0. The second-order valence-electron chi connectivity index (χ2n) is 8.10. The molecule has 0 aromatic heterocycles. The van der Waals surface area contributed by atoms with Gasteiger partial charge in [-0.15, -0.1) is 0 Å². The number of benzene rings is 2. The fourth-order valence-corrected chi connectivity index (χ4v) is 4.48. The van der Waals surface area contributed by atoms with Gasteiger partial charge in [0.15, 0.2) is 0 Å². The van der Waals surface area contributed by atoms with Crippen LogP contribution in [0.1, 0.15) is 72.5 Å². The molecular weight excluding hydrogens is 367 g/mol. The van der Waals surface area contributed by atoms with Gasteiger partial charge in [-0.05, 0) is 42.2 Å². The third-order valence-electron chi connectivity index (χ3n) is 6.02. The maximum Gasteiger partial charge on any atom is 0.255 e. The molecule has 152 valence electrons. The lowest BCUT2D eigenvalue weighted by atomic mass is 9.96. The SMILES string of the molecule is O=C(NC1CCCCCCC1)C1c2ccccc2C(=O)N1Cc1ccc(F)cc1. The van der Waals surface area contributed by atoms with E-state index in [1.807, 2.05) is 18.2 Å². The third kappa shape index (κ3) is 4.34. The third-order valence-corrected chi connectivity index (χ3v) is 6.02. The monoisotopic (exact) mass is 394 g/mol. The van der Waals surface area contributed by atoms with Crippen LogP contribution >= 0.6 is 0 Å². The Kier molecular flexibility index (Phi) is 5.93. The molecule has 2 amide bonds. The number of halogens is 1. The van der Waals surface area contributed by atoms with Crippen LogP contribution in [0.2, 0.25) is 0 Å². The zero-order valence-electron chi connectivity index (χ0n) is 16.6. The standard InChI is InChI=1S/C24H27FN2O2/c25-18-14-12-17(13-15-18)16-27-22(20-10-6-7-11-21(20)24(27)29)23(28)26-19-8-4-2-1-3-5-9-19/h6-7,10-15,19,22H,1-5,8-9,16H2,(H,26,28). The van der Waals surface area contributed by atoms with E-state index in [9.17, 15) is 14.0 Å². The molecule has 1 atom stereocenters. The minimum absolute atomic E-state index is 0.115. The van der Waals surface area contributed by atoms with Crippen LogP contribution in [0, 0.1) is 5.82 Å². The zero-order valence-corrected chi connectivity index (χ0v) is 16.6. The quantitative estimate of drug-likeness (QED) is 0.813. The highest BCUT2D eigenvalue weighted by Gasteiger charge is 2.41. The number of carbonyl (C=O) groups excluding carboxylic acids is 2. The zero-order chi connectivity index (χ0) is 20.2. The Balaban J connectivity index is 1.57. The molecule has 4 rings (SSSR count). The van der Waals surface area contributed by atoms with Gasteiger partial charge in [-0.1, -0.05) is 62.4 Å². The molecule has 5 heteroatoms. The summed E-state index contributed by atoms with van der Waals surface area (Å²) in [6, 6.07) is 12.9. The Morgan fingerprint density at radius 1 is 0.966 bits per heavy atom. The van der Waals surface area contributed by atoms with Gasteiger partial charge in [-0.2, -0.15) is 0 Å². The summed E-state index contributed by atoms with van der Waals surface area (Å²) in [7, 11) is 0. The van der Waals surface area contributed by atoms with Crippen LogP contribution in [0.15, 0.2) is 48.5 Å². The van der Waals surface area contributed by atoms with E-state index < -0.39 is 6.04 Å². The number of rotatable bonds is 4. The average molecular weight is 394 g/mol. The van der Waals surface area contributed by atoms with Gasteiger partial charge in [0.05, 0.1) is 0 Å². The largest absolute Gasteiger partial charge is 0.351 e. The lowest BCUT2D eigenvalue weighted by Gasteiger charge is -2.28. The van der Waals surface area contributed by atoms with E-state index in [1.54, 1.807) is 23.1 Å². The minimum atomic E-state index is -0.644. The summed E-state index contributed by atoms with van der Waals surface area (Å²) in [5.41, 5.74) is 2.13. The van der Waals surface area contributed by atoms with Gasteiger partial charge >= 0.3 is 0 Å². The number of hydrogen-bond acceptors (Lipinski definition) is 2. The summed E-state index contributed by atoms with van der Waals surface area (Å²) in [5, 5.41) is 3.22. The van der Waals surface area contributed by atoms with E-state index in [0.29, 0.717) is 5.56 Å². The van der Waals surface area contributed by atoms with E-state index in [0.717, 1.165) is 36.8 Å². The maximum atomic E-state index is 13.3. The predicted molar refractivity (Wildman–Crippen MR) is 110 cm³/mol. The van der Waals surface area contributed by atoms with Crippen molar-refractivity contribution in [1.29, 1.82) is 0 Å². The molecule has 1 heterocycles. The average Bonchev–Trinajstić information content (AvgIpc) is 2.98. The Morgan fingerprint density at radius 3 is 2.34 bits per heavy atom. The van der Waals surface area contributed by atoms with Gasteiger partial charge < -0.3 is 10.2 Å². The van der Waals surface area contributed by atoms with E-state index in [2.05, 4.69) is 5.32 Å². The van der Waals surface area contributed by atoms with Gasteiger partial charge in [0.1, 0.15) is 11.9 Å². The van der Waals surface area contributed by atoms with Crippen molar-refractivity contribution in [2.24, 2.45) is 0 Å². The van der Waals surface area contributed by atoms with E-state index >= 15 is 0 Å². The fraction of sp³-hybridized carbons (Fsp3) is 0.417. The highest BCUT2D eigenvalue weighted by atomic mass is 19.1. The molecule has 1 aliphatic heterocycles. The molecule has 1 fully saturated rings. The molecule has 2 aromatic rings. The van der Waals surface area contributed by atoms with Crippen molar-refractivity contribution in [3.8, 4) is 0 Å². The van der Waals surface area contributed by atoms with Crippen LogP contribution in [0.25, 0.3) is 0 Å². The summed E-state index contributed by atoms with van der Waals surface area (Å²) in [5.74, 6) is -0.581. The molecule has 0 saturated heterocycles. The molecule has 1 N–H and O–H groups in total. The maximum absolute atomic E-state index is 13.3. The molecule has 2 aliphatic rings. The lowest BCUT2D eigenvalue weighted by molar-refractivity contribution is -0.126. The first-order valence-corrected chi connectivity index (χ1v) is 10.6. The molecule has 4 nitrogen and oxygen atoms in total. The minimum Gasteiger partial charge on any atom is -0.351 e. The highest BCUT2D eigenvalue weighted by Crippen LogP contribution is 2.35. The number of nitrogens with zero attached hydrogens (tertiary/aromatic N) is 1. The van der Waals surface area contributed by atoms with Crippen molar-refractivity contribution in [1.82, 2.24) is 10.2 Å². The summed E-state index contributed by atoms with van der Waals surface area (Å²) < 4.78 is 13.3. The van der Waals surface area contributed by atoms with Gasteiger partial charge in [0.2, 0.25) is 5.91 Å². The number of hydrogen-bond donors (Lipinski definition) is 1. The van der Waals surface area contributed by atoms with Crippen molar-refractivity contribution >= 4 is 11.8 Å². The topological polar surface area (TPSA) is 49.4 Å². The molecular formula is C24H27FN2O2. The smallest absolute Gasteiger partial charge is 0.255 e. The first-order valence-electron chi connectivity index (χ1n) is 10.6. The predicted octanol–water partition coefficient (Wildman–Crippen LogP) is 4.75. The molecule has 29 heavy (non-hydrogen) atoms. The number of nitrogens with one attached hydrogen (secondary N) is 1. The summed E-state index contributed by atoms with van der Waals surface area (Å²) in [6.07, 6.45) is 7.95. The van der Waals surface area contributed by atoms with E-state index in [1.165, 1.54) is 31.4 Å². The van der Waals surface area contributed by atoms with E-state index in [-0.39, 0.29) is 30.2 Å². The Hall–Kier alpha value is -2.69. The van der Waals surface area contributed by atoms with Gasteiger partial charge in [0.25, 0.3) is 5.91 Å².